The molecule has 0 aromatic heterocycles. The zero-order valence-electron chi connectivity index (χ0n) is 16.1. The molecule has 29 heavy (non-hydrogen) atoms. The lowest BCUT2D eigenvalue weighted by Crippen LogP contribution is -2.60. The standard InChI is InChI=1S/C23H24N2O4/c26-16-19(27)8-6-17-7-9-21-20(14-17)22(28)24-23(29-21)10-12-25(13-11-23)15-18-4-2-1-3-5-18/h1-9,14,26H,10-13,15-16H2,(H,24,28)/b8-6+. The van der Waals surface area contributed by atoms with Crippen molar-refractivity contribution in [2.45, 2.75) is 25.1 Å². The van der Waals surface area contributed by atoms with E-state index < -0.39 is 12.3 Å². The molecule has 4 rings (SSSR count). The number of likely N-dealkylation sites (tertiary alicyclic amines) is 1. The van der Waals surface area contributed by atoms with Crippen LogP contribution in [0.2, 0.25) is 0 Å². The smallest absolute Gasteiger partial charge is 0.258 e. The first-order chi connectivity index (χ1) is 14.1. The number of amides is 1. The summed E-state index contributed by atoms with van der Waals surface area (Å²) in [4.78, 5) is 26.4. The number of hydrogen-bond donors (Lipinski definition) is 2. The van der Waals surface area contributed by atoms with Gasteiger partial charge in [0.2, 0.25) is 0 Å². The fourth-order valence-electron chi connectivity index (χ4n) is 3.81. The normalized spacial score (nSPS) is 18.3. The minimum absolute atomic E-state index is 0.161. The van der Waals surface area contributed by atoms with Gasteiger partial charge >= 0.3 is 0 Å². The second-order valence-electron chi connectivity index (χ2n) is 7.53. The molecule has 0 bridgehead atoms. The van der Waals surface area contributed by atoms with Crippen molar-refractivity contribution in [1.82, 2.24) is 10.2 Å². The van der Waals surface area contributed by atoms with E-state index >= 15 is 0 Å². The molecule has 6 heteroatoms. The van der Waals surface area contributed by atoms with E-state index in [-0.39, 0.29) is 11.7 Å². The number of piperidine rings is 1. The Hall–Kier alpha value is -2.96. The van der Waals surface area contributed by atoms with Crippen LogP contribution in [0.15, 0.2) is 54.6 Å². The van der Waals surface area contributed by atoms with Gasteiger partial charge < -0.3 is 15.2 Å². The number of rotatable bonds is 5. The molecule has 2 heterocycles. The van der Waals surface area contributed by atoms with Crippen molar-refractivity contribution < 1.29 is 19.4 Å². The van der Waals surface area contributed by atoms with Crippen molar-refractivity contribution in [2.24, 2.45) is 0 Å². The largest absolute Gasteiger partial charge is 0.467 e. The van der Waals surface area contributed by atoms with Gasteiger partial charge in [-0.2, -0.15) is 0 Å². The van der Waals surface area contributed by atoms with Crippen molar-refractivity contribution in [1.29, 1.82) is 0 Å². The molecule has 1 amide bonds. The number of nitrogens with one attached hydrogen (secondary N) is 1. The highest BCUT2D eigenvalue weighted by Gasteiger charge is 2.42. The maximum Gasteiger partial charge on any atom is 0.258 e. The number of ether oxygens (including phenoxy) is 1. The molecule has 0 radical (unpaired) electrons. The fraction of sp³-hybridized carbons (Fsp3) is 0.304. The lowest BCUT2D eigenvalue weighted by molar-refractivity contribution is -0.117. The average Bonchev–Trinajstić information content (AvgIpc) is 2.75. The van der Waals surface area contributed by atoms with Crippen LogP contribution in [0.4, 0.5) is 0 Å². The molecule has 0 unspecified atom stereocenters. The summed E-state index contributed by atoms with van der Waals surface area (Å²) in [5.74, 6) is 0.0204. The monoisotopic (exact) mass is 392 g/mol. The Balaban J connectivity index is 1.43. The van der Waals surface area contributed by atoms with Crippen LogP contribution < -0.4 is 10.1 Å². The van der Waals surface area contributed by atoms with Crippen molar-refractivity contribution in [3.63, 3.8) is 0 Å². The molecule has 0 aliphatic carbocycles. The van der Waals surface area contributed by atoms with Crippen LogP contribution in [0, 0.1) is 0 Å². The molecule has 0 atom stereocenters. The van der Waals surface area contributed by atoms with Gasteiger partial charge in [0.25, 0.3) is 5.91 Å². The van der Waals surface area contributed by atoms with Gasteiger partial charge in [0.1, 0.15) is 12.4 Å². The van der Waals surface area contributed by atoms with E-state index in [0.29, 0.717) is 16.9 Å². The predicted molar refractivity (Wildman–Crippen MR) is 109 cm³/mol. The zero-order chi connectivity index (χ0) is 20.3. The first kappa shape index (κ1) is 19.4. The highest BCUT2D eigenvalue weighted by Crippen LogP contribution is 2.34. The first-order valence-electron chi connectivity index (χ1n) is 9.81. The molecular weight excluding hydrogens is 368 g/mol. The van der Waals surface area contributed by atoms with Gasteiger partial charge in [0.15, 0.2) is 11.5 Å². The van der Waals surface area contributed by atoms with Gasteiger partial charge in [0.05, 0.1) is 5.56 Å². The Morgan fingerprint density at radius 2 is 1.93 bits per heavy atom. The summed E-state index contributed by atoms with van der Waals surface area (Å²) >= 11 is 0. The van der Waals surface area contributed by atoms with E-state index in [0.717, 1.165) is 32.5 Å². The van der Waals surface area contributed by atoms with Crippen LogP contribution >= 0.6 is 0 Å². The Morgan fingerprint density at radius 1 is 1.17 bits per heavy atom. The minimum atomic E-state index is -0.665. The van der Waals surface area contributed by atoms with Crippen LogP contribution in [0.3, 0.4) is 0 Å². The molecule has 1 fully saturated rings. The Labute approximate surface area is 169 Å². The van der Waals surface area contributed by atoms with Crippen LogP contribution in [-0.2, 0) is 11.3 Å². The molecular formula is C23H24N2O4. The van der Waals surface area contributed by atoms with E-state index in [1.165, 1.54) is 11.6 Å². The highest BCUT2D eigenvalue weighted by atomic mass is 16.5. The minimum Gasteiger partial charge on any atom is -0.467 e. The summed E-state index contributed by atoms with van der Waals surface area (Å²) in [6.07, 6.45) is 4.32. The summed E-state index contributed by atoms with van der Waals surface area (Å²) < 4.78 is 6.24. The summed E-state index contributed by atoms with van der Waals surface area (Å²) in [6, 6.07) is 15.6. The van der Waals surface area contributed by atoms with Gasteiger partial charge in [-0.25, -0.2) is 0 Å². The number of aliphatic hydroxyl groups is 1. The summed E-state index contributed by atoms with van der Waals surface area (Å²) in [7, 11) is 0. The van der Waals surface area contributed by atoms with E-state index in [4.69, 9.17) is 9.84 Å². The van der Waals surface area contributed by atoms with Gasteiger partial charge in [-0.3, -0.25) is 14.5 Å². The van der Waals surface area contributed by atoms with E-state index in [9.17, 15) is 9.59 Å². The molecule has 2 aromatic rings. The third kappa shape index (κ3) is 4.39. The van der Waals surface area contributed by atoms with Crippen molar-refractivity contribution in [3.8, 4) is 5.75 Å². The number of fused-ring (bicyclic) bond motifs is 1. The third-order valence-electron chi connectivity index (χ3n) is 5.43. The fourth-order valence-corrected chi connectivity index (χ4v) is 3.81. The lowest BCUT2D eigenvalue weighted by atomic mass is 9.96. The van der Waals surface area contributed by atoms with E-state index in [1.54, 1.807) is 24.3 Å². The summed E-state index contributed by atoms with van der Waals surface area (Å²) in [6.45, 7) is 2.04. The second kappa shape index (κ2) is 8.19. The molecule has 150 valence electrons. The third-order valence-corrected chi connectivity index (χ3v) is 5.43. The predicted octanol–water partition coefficient (Wildman–Crippen LogP) is 2.38. The van der Waals surface area contributed by atoms with Crippen LogP contribution in [0.5, 0.6) is 5.75 Å². The number of carbonyl (C=O) groups excluding carboxylic acids is 2. The zero-order valence-corrected chi connectivity index (χ0v) is 16.1. The quantitative estimate of drug-likeness (QED) is 0.764. The summed E-state index contributed by atoms with van der Waals surface area (Å²) in [5, 5.41) is 11.9. The van der Waals surface area contributed by atoms with Crippen molar-refractivity contribution in [3.05, 3.63) is 71.3 Å². The molecule has 1 spiro atoms. The van der Waals surface area contributed by atoms with Gasteiger partial charge in [-0.05, 0) is 29.3 Å². The Kier molecular flexibility index (Phi) is 5.47. The van der Waals surface area contributed by atoms with Gasteiger partial charge in [-0.15, -0.1) is 0 Å². The molecule has 2 aliphatic heterocycles. The molecule has 6 nitrogen and oxygen atoms in total. The van der Waals surface area contributed by atoms with E-state index in [2.05, 4.69) is 22.3 Å². The highest BCUT2D eigenvalue weighted by molar-refractivity contribution is 5.99. The number of carbonyl (C=O) groups is 2. The number of nitrogens with zero attached hydrogens (tertiary/aromatic N) is 1. The van der Waals surface area contributed by atoms with Gasteiger partial charge in [-0.1, -0.05) is 42.5 Å². The SMILES string of the molecule is O=C(/C=C/c1ccc2c(c1)C(=O)NC1(CCN(Cc3ccccc3)CC1)O2)CO. The summed E-state index contributed by atoms with van der Waals surface area (Å²) in [5.41, 5.74) is 1.78. The number of ketones is 1. The lowest BCUT2D eigenvalue weighted by Gasteiger charge is -2.44. The maximum absolute atomic E-state index is 12.7. The van der Waals surface area contributed by atoms with Crippen molar-refractivity contribution >= 4 is 17.8 Å². The molecule has 1 saturated heterocycles. The topological polar surface area (TPSA) is 78.9 Å². The van der Waals surface area contributed by atoms with Crippen LogP contribution in [-0.4, -0.2) is 47.1 Å². The molecule has 2 N–H and O–H groups in total. The average molecular weight is 392 g/mol. The second-order valence-corrected chi connectivity index (χ2v) is 7.53. The van der Waals surface area contributed by atoms with Gasteiger partial charge in [0, 0.05) is 32.5 Å². The maximum atomic E-state index is 12.7. The van der Waals surface area contributed by atoms with Crippen molar-refractivity contribution in [2.75, 3.05) is 19.7 Å². The number of aliphatic hydroxyl groups excluding tert-OH is 1. The number of hydrogen-bond acceptors (Lipinski definition) is 5. The molecule has 2 aromatic carbocycles. The van der Waals surface area contributed by atoms with Crippen LogP contribution in [0.25, 0.3) is 6.08 Å². The molecule has 0 saturated carbocycles. The Morgan fingerprint density at radius 3 is 2.66 bits per heavy atom. The number of benzene rings is 2. The van der Waals surface area contributed by atoms with E-state index in [1.807, 2.05) is 18.2 Å². The Bertz CT molecular complexity index is 931. The molecule has 2 aliphatic rings. The van der Waals surface area contributed by atoms with Crippen LogP contribution in [0.1, 0.15) is 34.3 Å². The first-order valence-corrected chi connectivity index (χ1v) is 9.81.